The van der Waals surface area contributed by atoms with Crippen LogP contribution in [0.2, 0.25) is 5.02 Å². The molecule has 270 valence electrons. The summed E-state index contributed by atoms with van der Waals surface area (Å²) in [7, 11) is -0.652. The van der Waals surface area contributed by atoms with Gasteiger partial charge in [-0.2, -0.15) is 0 Å². The number of nitrogens with zero attached hydrogens (tertiary/aromatic N) is 4. The smallest absolute Gasteiger partial charge is 0.286 e. The molecular formula is C38H44ClN5O6S. The number of carbonyl (C=O) groups excluding carboxylic acids is 2. The average molecular weight is 734 g/mol. The van der Waals surface area contributed by atoms with Gasteiger partial charge in [0.15, 0.2) is 0 Å². The number of fused-ring (bicyclic) bond motifs is 6. The number of aryl methyl sites for hydroxylation is 2. The summed E-state index contributed by atoms with van der Waals surface area (Å²) in [5.41, 5.74) is 2.59. The number of anilines is 1. The summed E-state index contributed by atoms with van der Waals surface area (Å²) in [6.07, 6.45) is 10.2. The topological polar surface area (TPSA) is 135 Å². The number of hydrogen-bond donors (Lipinski definition) is 2. The van der Waals surface area contributed by atoms with E-state index in [2.05, 4.69) is 31.2 Å². The number of carbonyl (C=O) groups is 2. The highest BCUT2D eigenvalue weighted by atomic mass is 35.5. The van der Waals surface area contributed by atoms with Crippen molar-refractivity contribution in [2.75, 3.05) is 37.5 Å². The van der Waals surface area contributed by atoms with Crippen LogP contribution >= 0.6 is 11.6 Å². The van der Waals surface area contributed by atoms with E-state index in [1.165, 1.54) is 29.1 Å². The minimum Gasteiger partial charge on any atom is -0.490 e. The number of aliphatic hydroxyl groups excluding tert-OH is 1. The molecule has 7 atom stereocenters. The lowest BCUT2D eigenvalue weighted by Gasteiger charge is -2.46. The Hall–Kier alpha value is -3.87. The SMILES string of the molecule is COc1nn(C)cc1C(=O)N[S@@]1(=O)=NC(=O)c2ccc3c(c2)N(C[C@@H]2CC[C@H]2[C@@H](O)[C@H]2C=CC(C)(C2)C1)C[C@@]1(CCCc2cc(Cl)ccc21)CO3. The summed E-state index contributed by atoms with van der Waals surface area (Å²) < 4.78 is 35.1. The van der Waals surface area contributed by atoms with Gasteiger partial charge in [-0.1, -0.05) is 36.7 Å². The molecule has 51 heavy (non-hydrogen) atoms. The minimum absolute atomic E-state index is 0.0685. The number of aliphatic hydroxyl groups is 1. The Morgan fingerprint density at radius 3 is 2.84 bits per heavy atom. The number of rotatable bonds is 3. The van der Waals surface area contributed by atoms with Crippen molar-refractivity contribution >= 4 is 39.0 Å². The molecule has 1 aromatic heterocycles. The molecule has 2 aromatic carbocycles. The maximum atomic E-state index is 14.8. The number of allylic oxidation sites excluding steroid dienone is 1. The van der Waals surface area contributed by atoms with Gasteiger partial charge in [0.2, 0.25) is 5.88 Å². The van der Waals surface area contributed by atoms with Crippen LogP contribution < -0.4 is 19.1 Å². The van der Waals surface area contributed by atoms with Crippen LogP contribution in [0, 0.1) is 23.2 Å². The second kappa shape index (κ2) is 12.7. The minimum atomic E-state index is -3.70. The Morgan fingerprint density at radius 2 is 2.06 bits per heavy atom. The normalized spacial score (nSPS) is 32.6. The molecule has 3 aliphatic carbocycles. The number of halogens is 1. The Bertz CT molecular complexity index is 2070. The van der Waals surface area contributed by atoms with E-state index in [0.717, 1.165) is 42.8 Å². The number of nitrogens with one attached hydrogen (secondary N) is 1. The molecule has 1 spiro atoms. The molecule has 3 aromatic rings. The zero-order valence-corrected chi connectivity index (χ0v) is 30.7. The highest BCUT2D eigenvalue weighted by Gasteiger charge is 2.47. The lowest BCUT2D eigenvalue weighted by Crippen LogP contribution is -2.50. The molecule has 2 N–H and O–H groups in total. The van der Waals surface area contributed by atoms with Crippen LogP contribution in [0.25, 0.3) is 0 Å². The van der Waals surface area contributed by atoms with E-state index in [1.807, 2.05) is 25.1 Å². The van der Waals surface area contributed by atoms with Crippen LogP contribution in [0.5, 0.6) is 11.6 Å². The van der Waals surface area contributed by atoms with Crippen molar-refractivity contribution in [1.82, 2.24) is 14.5 Å². The van der Waals surface area contributed by atoms with Gasteiger partial charge < -0.3 is 19.5 Å². The van der Waals surface area contributed by atoms with Gasteiger partial charge in [-0.3, -0.25) is 19.0 Å². The zero-order valence-electron chi connectivity index (χ0n) is 29.1. The highest BCUT2D eigenvalue weighted by molar-refractivity contribution is 7.92. The predicted octanol–water partition coefficient (Wildman–Crippen LogP) is 5.49. The van der Waals surface area contributed by atoms with E-state index in [0.29, 0.717) is 31.9 Å². The second-order valence-corrected chi connectivity index (χ2v) is 17.9. The third kappa shape index (κ3) is 6.23. The van der Waals surface area contributed by atoms with E-state index >= 15 is 0 Å². The molecule has 1 saturated carbocycles. The van der Waals surface area contributed by atoms with Gasteiger partial charge in [0.25, 0.3) is 11.8 Å². The third-order valence-electron chi connectivity index (χ3n) is 11.8. The molecule has 5 aliphatic rings. The summed E-state index contributed by atoms with van der Waals surface area (Å²) in [4.78, 5) is 30.0. The average Bonchev–Trinajstić information content (AvgIpc) is 3.61. The van der Waals surface area contributed by atoms with E-state index in [1.54, 1.807) is 25.2 Å². The van der Waals surface area contributed by atoms with Gasteiger partial charge in [-0.25, -0.2) is 4.21 Å². The van der Waals surface area contributed by atoms with Gasteiger partial charge in [0, 0.05) is 53.7 Å². The Balaban J connectivity index is 1.22. The molecule has 2 aliphatic heterocycles. The van der Waals surface area contributed by atoms with Crippen LogP contribution in [-0.4, -0.2) is 69.6 Å². The van der Waals surface area contributed by atoms with Crippen LogP contribution in [-0.2, 0) is 28.8 Å². The van der Waals surface area contributed by atoms with Crippen molar-refractivity contribution in [2.45, 2.75) is 57.0 Å². The van der Waals surface area contributed by atoms with Crippen molar-refractivity contribution in [1.29, 1.82) is 0 Å². The number of ether oxygens (including phenoxy) is 2. The Morgan fingerprint density at radius 1 is 1.22 bits per heavy atom. The van der Waals surface area contributed by atoms with E-state index in [9.17, 15) is 18.9 Å². The van der Waals surface area contributed by atoms with E-state index < -0.39 is 33.2 Å². The van der Waals surface area contributed by atoms with Crippen molar-refractivity contribution in [3.63, 3.8) is 0 Å². The maximum absolute atomic E-state index is 14.8. The summed E-state index contributed by atoms with van der Waals surface area (Å²) in [5.74, 6) is -0.618. The lowest BCUT2D eigenvalue weighted by atomic mass is 9.66. The molecule has 2 amide bonds. The first-order valence-corrected chi connectivity index (χ1v) is 19.8. The highest BCUT2D eigenvalue weighted by Crippen LogP contribution is 2.49. The number of hydrogen-bond acceptors (Lipinski definition) is 8. The van der Waals surface area contributed by atoms with Crippen LogP contribution in [0.4, 0.5) is 5.69 Å². The largest absolute Gasteiger partial charge is 0.490 e. The summed E-state index contributed by atoms with van der Waals surface area (Å²) in [5, 5.41) is 16.7. The molecule has 8 rings (SSSR count). The standard InChI is InChI=1S/C38H44ClN5O6S/c1-37-14-12-25(17-37)33(45)28-9-6-26(28)18-44-20-38(13-4-5-23-15-27(39)8-10-30(23)38)21-50-32-11-7-24(16-31(32)44)34(46)41-51(48,22-37)42-35(47)29-19-43(2)40-36(29)49-3/h7-8,10-12,14-16,19,25-26,28,33,45H,4-6,9,13,17-18,20-22H2,1-3H3,(H,41,42,46,47,48)/t25-,26-,28+,33-,37?,38-,51-/m0/s1. The molecule has 13 heteroatoms. The molecule has 0 saturated heterocycles. The molecule has 4 bridgehead atoms. The van der Waals surface area contributed by atoms with Gasteiger partial charge in [-0.05, 0) is 91.8 Å². The zero-order chi connectivity index (χ0) is 35.7. The maximum Gasteiger partial charge on any atom is 0.286 e. The van der Waals surface area contributed by atoms with Crippen molar-refractivity contribution in [3.05, 3.63) is 82.0 Å². The van der Waals surface area contributed by atoms with E-state index in [4.69, 9.17) is 21.1 Å². The fourth-order valence-electron chi connectivity index (χ4n) is 9.19. The molecule has 0 radical (unpaired) electrons. The fourth-order valence-corrected chi connectivity index (χ4v) is 11.4. The quantitative estimate of drug-likeness (QED) is 0.338. The van der Waals surface area contributed by atoms with Gasteiger partial charge >= 0.3 is 0 Å². The summed E-state index contributed by atoms with van der Waals surface area (Å²) >= 11 is 6.45. The fraction of sp³-hybridized carbons (Fsp3) is 0.500. The summed E-state index contributed by atoms with van der Waals surface area (Å²) in [6, 6.07) is 11.4. The van der Waals surface area contributed by atoms with Crippen molar-refractivity contribution in [3.8, 4) is 11.6 Å². The summed E-state index contributed by atoms with van der Waals surface area (Å²) in [6.45, 7) is 3.78. The van der Waals surface area contributed by atoms with Crippen LogP contribution in [0.15, 0.2) is 59.1 Å². The van der Waals surface area contributed by atoms with Crippen molar-refractivity contribution < 1.29 is 28.4 Å². The van der Waals surface area contributed by atoms with Crippen LogP contribution in [0.1, 0.15) is 70.9 Å². The van der Waals surface area contributed by atoms with Crippen molar-refractivity contribution in [2.24, 2.45) is 34.6 Å². The van der Waals surface area contributed by atoms with Gasteiger partial charge in [0.05, 0.1) is 31.3 Å². The number of methoxy groups -OCH3 is 1. The Kier molecular flexibility index (Phi) is 8.50. The molecule has 1 unspecified atom stereocenters. The predicted molar refractivity (Wildman–Crippen MR) is 195 cm³/mol. The van der Waals surface area contributed by atoms with E-state index in [-0.39, 0.29) is 45.9 Å². The number of aromatic nitrogens is 2. The Labute approximate surface area is 303 Å². The van der Waals surface area contributed by atoms with Gasteiger partial charge in [-0.15, -0.1) is 9.46 Å². The first kappa shape index (κ1) is 34.2. The third-order valence-corrected chi connectivity index (χ3v) is 14.0. The number of benzene rings is 2. The monoisotopic (exact) mass is 733 g/mol. The van der Waals surface area contributed by atoms with Crippen LogP contribution in [0.3, 0.4) is 0 Å². The first-order valence-electron chi connectivity index (χ1n) is 17.7. The van der Waals surface area contributed by atoms with Gasteiger partial charge in [0.1, 0.15) is 21.2 Å². The second-order valence-electron chi connectivity index (χ2n) is 15.5. The molecule has 11 nitrogen and oxygen atoms in total. The lowest BCUT2D eigenvalue weighted by molar-refractivity contribution is -0.0137. The molecular weight excluding hydrogens is 690 g/mol. The molecule has 1 fully saturated rings. The first-order chi connectivity index (χ1) is 24.4. The molecule has 3 heterocycles. The number of amides is 2.